The molecule has 1 aromatic carbocycles. The summed E-state index contributed by atoms with van der Waals surface area (Å²) in [6.45, 7) is 7.84. The summed E-state index contributed by atoms with van der Waals surface area (Å²) in [6.07, 6.45) is 1.38. The van der Waals surface area contributed by atoms with Crippen molar-refractivity contribution in [2.24, 2.45) is 7.05 Å². The third-order valence-electron chi connectivity index (χ3n) is 3.91. The van der Waals surface area contributed by atoms with Gasteiger partial charge in [0.05, 0.1) is 11.9 Å². The number of aryl methyl sites for hydroxylation is 1. The number of aromatic nitrogens is 2. The van der Waals surface area contributed by atoms with Gasteiger partial charge >= 0.3 is 0 Å². The van der Waals surface area contributed by atoms with Gasteiger partial charge in [-0.3, -0.25) is 4.68 Å². The van der Waals surface area contributed by atoms with Crippen molar-refractivity contribution in [1.29, 1.82) is 0 Å². The summed E-state index contributed by atoms with van der Waals surface area (Å²) in [6, 6.07) is 7.73. The van der Waals surface area contributed by atoms with Gasteiger partial charge in [0, 0.05) is 13.1 Å². The first-order valence-corrected chi connectivity index (χ1v) is 8.81. The molecule has 0 amide bonds. The molecule has 0 fully saturated rings. The Hall–Kier alpha value is -1.66. The Labute approximate surface area is 132 Å². The number of sulfonamides is 1. The highest BCUT2D eigenvalue weighted by atomic mass is 32.2. The van der Waals surface area contributed by atoms with Crippen LogP contribution in [0, 0.1) is 6.92 Å². The summed E-state index contributed by atoms with van der Waals surface area (Å²) in [4.78, 5) is 0.223. The van der Waals surface area contributed by atoms with E-state index in [2.05, 4.69) is 23.7 Å². The third kappa shape index (κ3) is 3.39. The summed E-state index contributed by atoms with van der Waals surface area (Å²) >= 11 is 0. The Balaban J connectivity index is 2.20. The molecule has 1 atom stereocenters. The van der Waals surface area contributed by atoms with Gasteiger partial charge in [0.1, 0.15) is 4.90 Å². The van der Waals surface area contributed by atoms with Gasteiger partial charge in [-0.05, 0) is 30.9 Å². The molecule has 0 saturated heterocycles. The van der Waals surface area contributed by atoms with Gasteiger partial charge in [-0.2, -0.15) is 5.10 Å². The molecular formula is C16H23N3O2S. The maximum absolute atomic E-state index is 12.5. The van der Waals surface area contributed by atoms with Crippen molar-refractivity contribution in [3.63, 3.8) is 0 Å². The average Bonchev–Trinajstić information content (AvgIpc) is 2.79. The Morgan fingerprint density at radius 1 is 1.09 bits per heavy atom. The zero-order valence-electron chi connectivity index (χ0n) is 13.7. The van der Waals surface area contributed by atoms with Gasteiger partial charge in [-0.1, -0.05) is 38.1 Å². The van der Waals surface area contributed by atoms with Crippen LogP contribution in [0.25, 0.3) is 0 Å². The van der Waals surface area contributed by atoms with Gasteiger partial charge in [0.25, 0.3) is 0 Å². The quantitative estimate of drug-likeness (QED) is 0.921. The second-order valence-electron chi connectivity index (χ2n) is 5.88. The minimum absolute atomic E-state index is 0.223. The predicted octanol–water partition coefficient (Wildman–Crippen LogP) is 2.89. The standard InChI is InChI=1S/C16H23N3O2S/c1-11(2)14-6-8-15(9-7-14)12(3)18-22(20,21)16-10-17-19(5)13(16)4/h6-12,18H,1-5H3. The number of hydrogen-bond acceptors (Lipinski definition) is 3. The fourth-order valence-electron chi connectivity index (χ4n) is 2.28. The van der Waals surface area contributed by atoms with Crippen molar-refractivity contribution < 1.29 is 8.42 Å². The molecule has 0 radical (unpaired) electrons. The molecule has 1 unspecified atom stereocenters. The highest BCUT2D eigenvalue weighted by Gasteiger charge is 2.22. The molecule has 0 saturated carbocycles. The Morgan fingerprint density at radius 2 is 1.64 bits per heavy atom. The number of rotatable bonds is 5. The highest BCUT2D eigenvalue weighted by molar-refractivity contribution is 7.89. The second-order valence-corrected chi connectivity index (χ2v) is 7.56. The van der Waals surface area contributed by atoms with Crippen molar-refractivity contribution in [3.05, 3.63) is 47.3 Å². The lowest BCUT2D eigenvalue weighted by Crippen LogP contribution is -2.27. The van der Waals surface area contributed by atoms with Crippen LogP contribution in [0.1, 0.15) is 49.6 Å². The fourth-order valence-corrected chi connectivity index (χ4v) is 3.71. The molecule has 120 valence electrons. The molecule has 2 aromatic rings. The molecule has 2 rings (SSSR count). The predicted molar refractivity (Wildman–Crippen MR) is 87.2 cm³/mol. The Kier molecular flexibility index (Phi) is 4.72. The van der Waals surface area contributed by atoms with Crippen LogP contribution < -0.4 is 4.72 Å². The maximum atomic E-state index is 12.5. The zero-order chi connectivity index (χ0) is 16.5. The molecule has 1 heterocycles. The minimum atomic E-state index is -3.58. The number of hydrogen-bond donors (Lipinski definition) is 1. The van der Waals surface area contributed by atoms with Crippen molar-refractivity contribution in [2.45, 2.75) is 44.6 Å². The average molecular weight is 321 g/mol. The van der Waals surface area contributed by atoms with E-state index >= 15 is 0 Å². The van der Waals surface area contributed by atoms with Gasteiger partial charge < -0.3 is 0 Å². The Morgan fingerprint density at radius 3 is 2.09 bits per heavy atom. The van der Waals surface area contributed by atoms with E-state index in [0.29, 0.717) is 11.6 Å². The summed E-state index contributed by atoms with van der Waals surface area (Å²) in [5, 5.41) is 3.99. The van der Waals surface area contributed by atoms with Crippen molar-refractivity contribution in [1.82, 2.24) is 14.5 Å². The van der Waals surface area contributed by atoms with Crippen LogP contribution in [0.15, 0.2) is 35.4 Å². The van der Waals surface area contributed by atoms with Gasteiger partial charge in [-0.25, -0.2) is 13.1 Å². The largest absolute Gasteiger partial charge is 0.272 e. The van der Waals surface area contributed by atoms with Gasteiger partial charge in [0.15, 0.2) is 0 Å². The molecule has 0 aliphatic heterocycles. The number of benzene rings is 1. The Bertz CT molecular complexity index is 746. The first kappa shape index (κ1) is 16.7. The molecule has 0 aliphatic rings. The van der Waals surface area contributed by atoms with Crippen LogP contribution >= 0.6 is 0 Å². The first-order valence-electron chi connectivity index (χ1n) is 7.33. The minimum Gasteiger partial charge on any atom is -0.272 e. The van der Waals surface area contributed by atoms with Crippen molar-refractivity contribution >= 4 is 10.0 Å². The molecular weight excluding hydrogens is 298 g/mol. The summed E-state index contributed by atoms with van der Waals surface area (Å²) in [5.74, 6) is 0.457. The van der Waals surface area contributed by atoms with E-state index in [1.807, 2.05) is 31.2 Å². The lowest BCUT2D eigenvalue weighted by Gasteiger charge is -2.15. The molecule has 0 aliphatic carbocycles. The first-order chi connectivity index (χ1) is 10.2. The van der Waals surface area contributed by atoms with E-state index in [1.54, 1.807) is 18.7 Å². The molecule has 0 spiro atoms. The second kappa shape index (κ2) is 6.22. The molecule has 1 aromatic heterocycles. The topological polar surface area (TPSA) is 64.0 Å². The van der Waals surface area contributed by atoms with Crippen LogP contribution in [-0.4, -0.2) is 18.2 Å². The maximum Gasteiger partial charge on any atom is 0.244 e. The normalized spacial score (nSPS) is 13.5. The SMILES string of the molecule is Cc1c(S(=O)(=O)NC(C)c2ccc(C(C)C)cc2)cnn1C. The number of nitrogens with one attached hydrogen (secondary N) is 1. The van der Waals surface area contributed by atoms with Crippen LogP contribution in [0.5, 0.6) is 0 Å². The summed E-state index contributed by atoms with van der Waals surface area (Å²) < 4.78 is 29.2. The lowest BCUT2D eigenvalue weighted by atomic mass is 10.00. The summed E-state index contributed by atoms with van der Waals surface area (Å²) in [7, 11) is -1.85. The van der Waals surface area contributed by atoms with Crippen molar-refractivity contribution in [2.75, 3.05) is 0 Å². The highest BCUT2D eigenvalue weighted by Crippen LogP contribution is 2.21. The van der Waals surface area contributed by atoms with E-state index in [9.17, 15) is 8.42 Å². The lowest BCUT2D eigenvalue weighted by molar-refractivity contribution is 0.566. The smallest absolute Gasteiger partial charge is 0.244 e. The van der Waals surface area contributed by atoms with Crippen LogP contribution in [0.4, 0.5) is 0 Å². The van der Waals surface area contributed by atoms with Gasteiger partial charge in [-0.15, -0.1) is 0 Å². The van der Waals surface area contributed by atoms with E-state index in [1.165, 1.54) is 11.8 Å². The van der Waals surface area contributed by atoms with E-state index in [4.69, 9.17) is 0 Å². The van der Waals surface area contributed by atoms with Gasteiger partial charge in [0.2, 0.25) is 10.0 Å². The van der Waals surface area contributed by atoms with E-state index in [-0.39, 0.29) is 10.9 Å². The summed E-state index contributed by atoms with van der Waals surface area (Å²) in [5.41, 5.74) is 2.80. The molecule has 6 heteroatoms. The third-order valence-corrected chi connectivity index (χ3v) is 5.56. The van der Waals surface area contributed by atoms with Crippen LogP contribution in [0.3, 0.4) is 0 Å². The molecule has 0 bridgehead atoms. The molecule has 22 heavy (non-hydrogen) atoms. The fraction of sp³-hybridized carbons (Fsp3) is 0.438. The molecule has 1 N–H and O–H groups in total. The van der Waals surface area contributed by atoms with Crippen LogP contribution in [0.2, 0.25) is 0 Å². The van der Waals surface area contributed by atoms with E-state index in [0.717, 1.165) is 5.56 Å². The van der Waals surface area contributed by atoms with Crippen LogP contribution in [-0.2, 0) is 17.1 Å². The number of nitrogens with zero attached hydrogens (tertiary/aromatic N) is 2. The van der Waals surface area contributed by atoms with E-state index < -0.39 is 10.0 Å². The van der Waals surface area contributed by atoms with Crippen molar-refractivity contribution in [3.8, 4) is 0 Å². The monoisotopic (exact) mass is 321 g/mol. The molecule has 5 nitrogen and oxygen atoms in total. The zero-order valence-corrected chi connectivity index (χ0v) is 14.5.